The topological polar surface area (TPSA) is 51.4 Å². The van der Waals surface area contributed by atoms with Crippen LogP contribution in [-0.4, -0.2) is 18.1 Å². The van der Waals surface area contributed by atoms with Crippen molar-refractivity contribution in [1.82, 2.24) is 4.98 Å². The van der Waals surface area contributed by atoms with Gasteiger partial charge in [0.1, 0.15) is 11.6 Å². The number of pyridine rings is 1. The van der Waals surface area contributed by atoms with Crippen LogP contribution in [0.5, 0.6) is 5.75 Å². The summed E-state index contributed by atoms with van der Waals surface area (Å²) in [6.45, 7) is 2.17. The van der Waals surface area contributed by atoms with Gasteiger partial charge in [-0.3, -0.25) is 0 Å². The summed E-state index contributed by atoms with van der Waals surface area (Å²) in [6, 6.07) is 12.1. The monoisotopic (exact) mass is 255 g/mol. The Bertz CT molecular complexity index is 571. The van der Waals surface area contributed by atoms with Crippen molar-refractivity contribution in [3.63, 3.8) is 0 Å². The highest BCUT2D eigenvalue weighted by atomic mass is 16.5. The van der Waals surface area contributed by atoms with Crippen LogP contribution in [0.15, 0.2) is 42.6 Å². The minimum absolute atomic E-state index is 0.529. The molecule has 4 nitrogen and oxygen atoms in total. The van der Waals surface area contributed by atoms with Crippen molar-refractivity contribution in [3.05, 3.63) is 48.2 Å². The summed E-state index contributed by atoms with van der Waals surface area (Å²) in [5.41, 5.74) is 7.86. The zero-order valence-corrected chi connectivity index (χ0v) is 10.7. The maximum atomic E-state index is 5.76. The van der Waals surface area contributed by atoms with Gasteiger partial charge < -0.3 is 15.4 Å². The van der Waals surface area contributed by atoms with E-state index < -0.39 is 0 Å². The van der Waals surface area contributed by atoms with Gasteiger partial charge in [-0.2, -0.15) is 0 Å². The van der Waals surface area contributed by atoms with Crippen LogP contribution in [0, 0.1) is 0 Å². The highest BCUT2D eigenvalue weighted by Gasteiger charge is 2.18. The minimum Gasteiger partial charge on any atom is -0.491 e. The lowest BCUT2D eigenvalue weighted by Gasteiger charge is -2.23. The first-order valence-corrected chi connectivity index (χ1v) is 6.53. The number of aromatic nitrogens is 1. The van der Waals surface area contributed by atoms with Crippen LogP contribution in [0.25, 0.3) is 0 Å². The lowest BCUT2D eigenvalue weighted by molar-refractivity contribution is 0.322. The molecule has 0 amide bonds. The van der Waals surface area contributed by atoms with Crippen LogP contribution in [0.2, 0.25) is 0 Å². The highest BCUT2D eigenvalue weighted by Crippen LogP contribution is 2.34. The Labute approximate surface area is 112 Å². The summed E-state index contributed by atoms with van der Waals surface area (Å²) in [7, 11) is 0. The Morgan fingerprint density at radius 1 is 1.26 bits per heavy atom. The number of para-hydroxylation sites is 2. The number of rotatable bonds is 2. The molecule has 0 saturated carbocycles. The molecule has 1 aromatic carbocycles. The Kier molecular flexibility index (Phi) is 3.33. The normalized spacial score (nSPS) is 14.5. The number of hydrogen-bond acceptors (Lipinski definition) is 4. The number of hydrogen-bond donors (Lipinski definition) is 1. The maximum Gasteiger partial charge on any atom is 0.142 e. The molecule has 0 fully saturated rings. The molecule has 0 saturated heterocycles. The SMILES string of the molecule is NCc1ccnc(N2CCCOc3ccccc32)c1. The molecular formula is C15H17N3O. The third kappa shape index (κ3) is 2.39. The summed E-state index contributed by atoms with van der Waals surface area (Å²) in [6.07, 6.45) is 2.79. The first-order valence-electron chi connectivity index (χ1n) is 6.53. The zero-order chi connectivity index (χ0) is 13.1. The van der Waals surface area contributed by atoms with E-state index in [1.54, 1.807) is 0 Å². The third-order valence-corrected chi connectivity index (χ3v) is 3.26. The minimum atomic E-state index is 0.529. The molecule has 1 aliphatic heterocycles. The van der Waals surface area contributed by atoms with Gasteiger partial charge in [-0.1, -0.05) is 12.1 Å². The van der Waals surface area contributed by atoms with E-state index in [2.05, 4.69) is 16.0 Å². The number of anilines is 2. The van der Waals surface area contributed by atoms with Gasteiger partial charge >= 0.3 is 0 Å². The van der Waals surface area contributed by atoms with E-state index in [4.69, 9.17) is 10.5 Å². The van der Waals surface area contributed by atoms with Crippen molar-refractivity contribution in [1.29, 1.82) is 0 Å². The average molecular weight is 255 g/mol. The van der Waals surface area contributed by atoms with Gasteiger partial charge in [0.25, 0.3) is 0 Å². The quantitative estimate of drug-likeness (QED) is 0.895. The summed E-state index contributed by atoms with van der Waals surface area (Å²) < 4.78 is 5.76. The standard InChI is InChI=1S/C15H17N3O/c16-11-12-6-7-17-15(10-12)18-8-3-9-19-14-5-2-1-4-13(14)18/h1-2,4-7,10H,3,8-9,11,16H2. The third-order valence-electron chi connectivity index (χ3n) is 3.26. The van der Waals surface area contributed by atoms with Crippen molar-refractivity contribution in [2.24, 2.45) is 5.73 Å². The molecular weight excluding hydrogens is 238 g/mol. The van der Waals surface area contributed by atoms with Crippen LogP contribution in [0.3, 0.4) is 0 Å². The zero-order valence-electron chi connectivity index (χ0n) is 10.7. The van der Waals surface area contributed by atoms with Gasteiger partial charge in [-0.25, -0.2) is 4.98 Å². The predicted octanol–water partition coefficient (Wildman–Crippen LogP) is 2.46. The van der Waals surface area contributed by atoms with E-state index in [1.807, 2.05) is 36.5 Å². The van der Waals surface area contributed by atoms with Crippen molar-refractivity contribution < 1.29 is 4.74 Å². The molecule has 2 heterocycles. The Morgan fingerprint density at radius 3 is 3.05 bits per heavy atom. The molecule has 4 heteroatoms. The van der Waals surface area contributed by atoms with E-state index in [0.29, 0.717) is 6.54 Å². The lowest BCUT2D eigenvalue weighted by atomic mass is 10.2. The highest BCUT2D eigenvalue weighted by molar-refractivity contribution is 5.67. The summed E-state index contributed by atoms with van der Waals surface area (Å²) >= 11 is 0. The second-order valence-electron chi connectivity index (χ2n) is 4.55. The maximum absolute atomic E-state index is 5.76. The van der Waals surface area contributed by atoms with E-state index >= 15 is 0 Å². The van der Waals surface area contributed by atoms with Crippen molar-refractivity contribution >= 4 is 11.5 Å². The van der Waals surface area contributed by atoms with Gasteiger partial charge in [-0.15, -0.1) is 0 Å². The number of benzene rings is 1. The van der Waals surface area contributed by atoms with Crippen molar-refractivity contribution in [3.8, 4) is 5.75 Å². The van der Waals surface area contributed by atoms with Crippen molar-refractivity contribution in [2.75, 3.05) is 18.1 Å². The molecule has 3 rings (SSSR count). The van der Waals surface area contributed by atoms with E-state index in [1.165, 1.54) is 0 Å². The van der Waals surface area contributed by atoms with Crippen LogP contribution in [0.4, 0.5) is 11.5 Å². The molecule has 98 valence electrons. The predicted molar refractivity (Wildman–Crippen MR) is 75.7 cm³/mol. The molecule has 1 aromatic heterocycles. The van der Waals surface area contributed by atoms with Crippen LogP contribution < -0.4 is 15.4 Å². The molecule has 0 aliphatic carbocycles. The Morgan fingerprint density at radius 2 is 2.16 bits per heavy atom. The molecule has 0 atom stereocenters. The van der Waals surface area contributed by atoms with E-state index in [-0.39, 0.29) is 0 Å². The van der Waals surface area contributed by atoms with Crippen LogP contribution in [-0.2, 0) is 6.54 Å². The van der Waals surface area contributed by atoms with E-state index in [9.17, 15) is 0 Å². The van der Waals surface area contributed by atoms with Gasteiger partial charge in [0.15, 0.2) is 0 Å². The Balaban J connectivity index is 2.03. The molecule has 0 unspecified atom stereocenters. The van der Waals surface area contributed by atoms with Crippen LogP contribution in [0.1, 0.15) is 12.0 Å². The number of nitrogens with zero attached hydrogens (tertiary/aromatic N) is 2. The molecule has 2 N–H and O–H groups in total. The number of nitrogens with two attached hydrogens (primary N) is 1. The summed E-state index contributed by atoms with van der Waals surface area (Å²) in [4.78, 5) is 6.66. The van der Waals surface area contributed by atoms with Crippen LogP contribution >= 0.6 is 0 Å². The molecule has 1 aliphatic rings. The van der Waals surface area contributed by atoms with Gasteiger partial charge in [0, 0.05) is 19.3 Å². The smallest absolute Gasteiger partial charge is 0.142 e. The fourth-order valence-corrected chi connectivity index (χ4v) is 2.30. The van der Waals surface area contributed by atoms with E-state index in [0.717, 1.165) is 42.4 Å². The average Bonchev–Trinajstić information content (AvgIpc) is 2.69. The Hall–Kier alpha value is -2.07. The second kappa shape index (κ2) is 5.28. The van der Waals surface area contributed by atoms with Gasteiger partial charge in [-0.05, 0) is 36.2 Å². The van der Waals surface area contributed by atoms with Gasteiger partial charge in [0.2, 0.25) is 0 Å². The first-order chi connectivity index (χ1) is 9.38. The number of fused-ring (bicyclic) bond motifs is 1. The molecule has 19 heavy (non-hydrogen) atoms. The fourth-order valence-electron chi connectivity index (χ4n) is 2.30. The van der Waals surface area contributed by atoms with Gasteiger partial charge in [0.05, 0.1) is 12.3 Å². The molecule has 2 aromatic rings. The summed E-state index contributed by atoms with van der Waals surface area (Å²) in [5, 5.41) is 0. The van der Waals surface area contributed by atoms with Crippen molar-refractivity contribution in [2.45, 2.75) is 13.0 Å². The second-order valence-corrected chi connectivity index (χ2v) is 4.55. The molecule has 0 spiro atoms. The number of ether oxygens (including phenoxy) is 1. The molecule has 0 radical (unpaired) electrons. The fraction of sp³-hybridized carbons (Fsp3) is 0.267. The summed E-state index contributed by atoms with van der Waals surface area (Å²) in [5.74, 6) is 1.85. The molecule has 0 bridgehead atoms. The lowest BCUT2D eigenvalue weighted by Crippen LogP contribution is -2.19. The largest absolute Gasteiger partial charge is 0.491 e. The first kappa shape index (κ1) is 12.0.